The van der Waals surface area contributed by atoms with Crippen LogP contribution in [0.4, 0.5) is 0 Å². The van der Waals surface area contributed by atoms with Crippen molar-refractivity contribution in [3.8, 4) is 5.75 Å². The van der Waals surface area contributed by atoms with E-state index in [2.05, 4.69) is 36.1 Å². The van der Waals surface area contributed by atoms with Crippen LogP contribution in [0.3, 0.4) is 0 Å². The number of nitrogens with zero attached hydrogens (tertiary/aromatic N) is 2. The zero-order valence-corrected chi connectivity index (χ0v) is 16.4. The molecule has 4 nitrogen and oxygen atoms in total. The van der Waals surface area contributed by atoms with Gasteiger partial charge in [-0.05, 0) is 62.2 Å². The fourth-order valence-electron chi connectivity index (χ4n) is 2.91. The lowest BCUT2D eigenvalue weighted by Crippen LogP contribution is -2.36. The van der Waals surface area contributed by atoms with Crippen molar-refractivity contribution in [2.45, 2.75) is 26.3 Å². The maximum atomic E-state index is 12.4. The Hall–Kier alpha value is -2.33. The molecule has 0 N–H and O–H groups in total. The summed E-state index contributed by atoms with van der Waals surface area (Å²) in [5.41, 5.74) is 3.72. The molecule has 0 aromatic heterocycles. The van der Waals surface area contributed by atoms with E-state index in [0.29, 0.717) is 13.1 Å². The van der Waals surface area contributed by atoms with Gasteiger partial charge in [-0.15, -0.1) is 0 Å². The second kappa shape index (κ2) is 9.97. The molecule has 0 atom stereocenters. The van der Waals surface area contributed by atoms with Crippen molar-refractivity contribution >= 4 is 5.91 Å². The highest BCUT2D eigenvalue weighted by Crippen LogP contribution is 2.13. The smallest absolute Gasteiger partial charge is 0.236 e. The Morgan fingerprint density at radius 1 is 1.04 bits per heavy atom. The minimum absolute atomic E-state index is 0.153. The maximum Gasteiger partial charge on any atom is 0.236 e. The van der Waals surface area contributed by atoms with Gasteiger partial charge in [0.15, 0.2) is 0 Å². The first-order valence-electron chi connectivity index (χ1n) is 9.09. The molecule has 26 heavy (non-hydrogen) atoms. The number of ether oxygens (including phenoxy) is 1. The van der Waals surface area contributed by atoms with E-state index in [4.69, 9.17) is 4.74 Å². The number of carbonyl (C=O) groups excluding carboxylic acids is 1. The first-order valence-corrected chi connectivity index (χ1v) is 9.09. The van der Waals surface area contributed by atoms with E-state index in [-0.39, 0.29) is 5.91 Å². The molecule has 2 aromatic carbocycles. The average molecular weight is 354 g/mol. The summed E-state index contributed by atoms with van der Waals surface area (Å²) in [5.74, 6) is 1.04. The highest BCUT2D eigenvalue weighted by molar-refractivity contribution is 5.78. The van der Waals surface area contributed by atoms with Gasteiger partial charge >= 0.3 is 0 Å². The van der Waals surface area contributed by atoms with Crippen molar-refractivity contribution in [3.63, 3.8) is 0 Å². The zero-order chi connectivity index (χ0) is 18.9. The number of amides is 1. The van der Waals surface area contributed by atoms with Gasteiger partial charge in [0.1, 0.15) is 5.75 Å². The third-order valence-corrected chi connectivity index (χ3v) is 4.66. The van der Waals surface area contributed by atoms with Crippen LogP contribution >= 0.6 is 0 Å². The van der Waals surface area contributed by atoms with Crippen molar-refractivity contribution in [3.05, 3.63) is 65.2 Å². The molecule has 140 valence electrons. The molecule has 0 aliphatic rings. The van der Waals surface area contributed by atoms with Gasteiger partial charge < -0.3 is 9.64 Å². The summed E-state index contributed by atoms with van der Waals surface area (Å²) in [7, 11) is 5.56. The minimum Gasteiger partial charge on any atom is -0.497 e. The van der Waals surface area contributed by atoms with Crippen LogP contribution in [0.25, 0.3) is 0 Å². The Morgan fingerprint density at radius 2 is 1.73 bits per heavy atom. The molecule has 0 radical (unpaired) electrons. The fraction of sp³-hybridized carbons (Fsp3) is 0.409. The summed E-state index contributed by atoms with van der Waals surface area (Å²) in [6.07, 6.45) is 2.03. The van der Waals surface area contributed by atoms with E-state index >= 15 is 0 Å². The Labute approximate surface area is 157 Å². The number of carbonyl (C=O) groups is 1. The Balaban J connectivity index is 1.73. The monoisotopic (exact) mass is 354 g/mol. The van der Waals surface area contributed by atoms with E-state index in [1.165, 1.54) is 16.7 Å². The molecule has 2 rings (SSSR count). The van der Waals surface area contributed by atoms with Crippen molar-refractivity contribution in [1.82, 2.24) is 9.80 Å². The van der Waals surface area contributed by atoms with E-state index in [1.54, 1.807) is 7.11 Å². The van der Waals surface area contributed by atoms with Gasteiger partial charge in [-0.1, -0.05) is 36.4 Å². The van der Waals surface area contributed by atoms with E-state index in [9.17, 15) is 4.79 Å². The van der Waals surface area contributed by atoms with E-state index < -0.39 is 0 Å². The quantitative estimate of drug-likeness (QED) is 0.691. The predicted molar refractivity (Wildman–Crippen MR) is 106 cm³/mol. The Kier molecular flexibility index (Phi) is 7.67. The van der Waals surface area contributed by atoms with Crippen LogP contribution in [-0.2, 0) is 17.8 Å². The summed E-state index contributed by atoms with van der Waals surface area (Å²) in [6.45, 7) is 4.09. The minimum atomic E-state index is 0.153. The lowest BCUT2D eigenvalue weighted by Gasteiger charge is -2.22. The van der Waals surface area contributed by atoms with Crippen LogP contribution in [0.1, 0.15) is 23.1 Å². The third-order valence-electron chi connectivity index (χ3n) is 4.66. The average Bonchev–Trinajstić information content (AvgIpc) is 2.64. The molecule has 0 saturated heterocycles. The number of hydrogen-bond donors (Lipinski definition) is 0. The molecule has 0 fully saturated rings. The standard InChI is InChI=1S/C22H30N2O2/c1-18-8-5-6-10-20(18)16-24(3)22(25)17-23(2)15-7-9-19-11-13-21(26-4)14-12-19/h5-6,8,10-14H,7,9,15-17H2,1-4H3. The largest absolute Gasteiger partial charge is 0.497 e. The van der Waals surface area contributed by atoms with Gasteiger partial charge in [0.05, 0.1) is 13.7 Å². The molecular formula is C22H30N2O2. The number of rotatable bonds is 9. The van der Waals surface area contributed by atoms with Gasteiger partial charge in [-0.25, -0.2) is 0 Å². The maximum absolute atomic E-state index is 12.4. The summed E-state index contributed by atoms with van der Waals surface area (Å²) in [4.78, 5) is 16.3. The first kappa shape index (κ1) is 20.0. The lowest BCUT2D eigenvalue weighted by atomic mass is 10.1. The molecule has 0 unspecified atom stereocenters. The van der Waals surface area contributed by atoms with Crippen LogP contribution in [-0.4, -0.2) is 50.0 Å². The number of likely N-dealkylation sites (N-methyl/N-ethyl adjacent to an activating group) is 2. The van der Waals surface area contributed by atoms with Crippen LogP contribution in [0.15, 0.2) is 48.5 Å². The highest BCUT2D eigenvalue weighted by Gasteiger charge is 2.12. The van der Waals surface area contributed by atoms with Crippen LogP contribution in [0.5, 0.6) is 5.75 Å². The van der Waals surface area contributed by atoms with Crippen molar-refractivity contribution in [2.75, 3.05) is 34.3 Å². The summed E-state index contributed by atoms with van der Waals surface area (Å²) < 4.78 is 5.18. The first-order chi connectivity index (χ1) is 12.5. The normalized spacial score (nSPS) is 10.8. The molecule has 1 amide bonds. The van der Waals surface area contributed by atoms with E-state index in [0.717, 1.165) is 25.1 Å². The van der Waals surface area contributed by atoms with Gasteiger partial charge in [0.25, 0.3) is 0 Å². The van der Waals surface area contributed by atoms with Crippen LogP contribution in [0.2, 0.25) is 0 Å². The van der Waals surface area contributed by atoms with Crippen molar-refractivity contribution in [2.24, 2.45) is 0 Å². The molecule has 0 spiro atoms. The topological polar surface area (TPSA) is 32.8 Å². The molecule has 2 aromatic rings. The zero-order valence-electron chi connectivity index (χ0n) is 16.4. The lowest BCUT2D eigenvalue weighted by molar-refractivity contribution is -0.131. The molecule has 0 heterocycles. The van der Waals surface area contributed by atoms with Gasteiger partial charge in [0, 0.05) is 13.6 Å². The summed E-state index contributed by atoms with van der Waals surface area (Å²) >= 11 is 0. The molecule has 4 heteroatoms. The molecule has 0 bridgehead atoms. The number of aryl methyl sites for hydroxylation is 2. The SMILES string of the molecule is COc1ccc(CCCN(C)CC(=O)N(C)Cc2ccccc2C)cc1. The fourth-order valence-corrected chi connectivity index (χ4v) is 2.91. The molecule has 0 saturated carbocycles. The predicted octanol–water partition coefficient (Wildman–Crippen LogP) is 3.53. The number of hydrogen-bond acceptors (Lipinski definition) is 3. The van der Waals surface area contributed by atoms with E-state index in [1.807, 2.05) is 43.3 Å². The van der Waals surface area contributed by atoms with Crippen LogP contribution < -0.4 is 4.74 Å². The van der Waals surface area contributed by atoms with Gasteiger partial charge in [-0.2, -0.15) is 0 Å². The van der Waals surface area contributed by atoms with Crippen molar-refractivity contribution in [1.29, 1.82) is 0 Å². The highest BCUT2D eigenvalue weighted by atomic mass is 16.5. The Bertz CT molecular complexity index is 698. The molecular weight excluding hydrogens is 324 g/mol. The van der Waals surface area contributed by atoms with Crippen molar-refractivity contribution < 1.29 is 9.53 Å². The van der Waals surface area contributed by atoms with Gasteiger partial charge in [-0.3, -0.25) is 9.69 Å². The summed E-state index contributed by atoms with van der Waals surface area (Å²) in [5, 5.41) is 0. The summed E-state index contributed by atoms with van der Waals surface area (Å²) in [6, 6.07) is 16.4. The Morgan fingerprint density at radius 3 is 2.38 bits per heavy atom. The van der Waals surface area contributed by atoms with Gasteiger partial charge in [0.2, 0.25) is 5.91 Å². The molecule has 0 aliphatic heterocycles. The van der Waals surface area contributed by atoms with Crippen LogP contribution in [0, 0.1) is 6.92 Å². The third kappa shape index (κ3) is 6.19. The second-order valence-electron chi connectivity index (χ2n) is 6.87. The second-order valence-corrected chi connectivity index (χ2v) is 6.87. The number of methoxy groups -OCH3 is 1. The number of benzene rings is 2. The molecule has 0 aliphatic carbocycles.